The van der Waals surface area contributed by atoms with Crippen molar-refractivity contribution in [3.05, 3.63) is 29.8 Å². The highest BCUT2D eigenvalue weighted by molar-refractivity contribution is 5.97. The number of carboxylic acids is 2. The number of aliphatic hydroxyl groups excluding tert-OH is 1. The quantitative estimate of drug-likeness (QED) is 0.0302. The molecule has 0 aliphatic heterocycles. The topological polar surface area (TPSA) is 394 Å². The molecule has 0 aromatic heterocycles. The normalized spacial score (nSPS) is 13.6. The van der Waals surface area contributed by atoms with Crippen LogP contribution in [0.4, 0.5) is 0 Å². The number of hydrogen-bond acceptors (Lipinski definition) is 12. The van der Waals surface area contributed by atoms with Crippen LogP contribution in [0.5, 0.6) is 5.75 Å². The fourth-order valence-electron chi connectivity index (χ4n) is 4.09. The second-order valence-electron chi connectivity index (χ2n) is 10.7. The van der Waals surface area contributed by atoms with Gasteiger partial charge in [-0.3, -0.25) is 38.6 Å². The number of amides is 6. The number of nitrogens with one attached hydrogen (secondary N) is 5. The van der Waals surface area contributed by atoms with Gasteiger partial charge in [0.25, 0.3) is 0 Å². The van der Waals surface area contributed by atoms with E-state index in [-0.39, 0.29) is 37.5 Å². The SMILES string of the molecule is NC(=O)C[C@H](NC(=O)[C@@H](N)Cc1ccc(O)cc1)C(=O)N[C@@H](CCCN=C(N)N)C(=O)NCC(=O)N[C@@H](CC(=O)O)C(=O)N[C@@H](CO)C(=O)O. The summed E-state index contributed by atoms with van der Waals surface area (Å²) in [5, 5.41) is 47.4. The van der Waals surface area contributed by atoms with E-state index in [1.54, 1.807) is 0 Å². The lowest BCUT2D eigenvalue weighted by molar-refractivity contribution is -0.144. The molecule has 0 unspecified atom stereocenters. The summed E-state index contributed by atoms with van der Waals surface area (Å²) >= 11 is 0. The zero-order chi connectivity index (χ0) is 38.0. The molecule has 0 bridgehead atoms. The Morgan fingerprint density at radius 3 is 1.82 bits per heavy atom. The average molecular weight is 711 g/mol. The molecule has 276 valence electrons. The lowest BCUT2D eigenvalue weighted by atomic mass is 10.0. The molecular formula is C28H42N10O12. The zero-order valence-electron chi connectivity index (χ0n) is 26.7. The highest BCUT2D eigenvalue weighted by Gasteiger charge is 2.31. The molecule has 22 nitrogen and oxygen atoms in total. The number of phenols is 1. The van der Waals surface area contributed by atoms with Crippen LogP contribution in [0.25, 0.3) is 0 Å². The number of carbonyl (C=O) groups is 8. The van der Waals surface area contributed by atoms with E-state index < -0.39 is 104 Å². The predicted octanol–water partition coefficient (Wildman–Crippen LogP) is -6.20. The molecule has 17 N–H and O–H groups in total. The minimum atomic E-state index is -1.81. The first-order valence-corrected chi connectivity index (χ1v) is 14.8. The molecule has 0 aliphatic rings. The average Bonchev–Trinajstić information content (AvgIpc) is 3.03. The summed E-state index contributed by atoms with van der Waals surface area (Å²) < 4.78 is 0. The largest absolute Gasteiger partial charge is 0.508 e. The molecule has 1 aromatic carbocycles. The first-order valence-electron chi connectivity index (χ1n) is 14.8. The molecule has 0 spiro atoms. The fourth-order valence-corrected chi connectivity index (χ4v) is 4.09. The summed E-state index contributed by atoms with van der Waals surface area (Å²) in [5.74, 6) is -9.63. The Labute approximate surface area is 284 Å². The van der Waals surface area contributed by atoms with E-state index in [4.69, 9.17) is 38.3 Å². The van der Waals surface area contributed by atoms with Crippen molar-refractivity contribution in [2.45, 2.75) is 62.3 Å². The van der Waals surface area contributed by atoms with E-state index in [0.717, 1.165) is 0 Å². The zero-order valence-corrected chi connectivity index (χ0v) is 26.7. The number of phenolic OH excluding ortho intramolecular Hbond substituents is 1. The van der Waals surface area contributed by atoms with E-state index >= 15 is 0 Å². The van der Waals surface area contributed by atoms with Gasteiger partial charge in [-0.15, -0.1) is 0 Å². The highest BCUT2D eigenvalue weighted by atomic mass is 16.4. The van der Waals surface area contributed by atoms with Crippen LogP contribution in [0.2, 0.25) is 0 Å². The molecule has 6 amide bonds. The van der Waals surface area contributed by atoms with Crippen molar-refractivity contribution in [2.75, 3.05) is 19.7 Å². The lowest BCUT2D eigenvalue weighted by Crippen LogP contribution is -2.57. The first-order chi connectivity index (χ1) is 23.4. The van der Waals surface area contributed by atoms with E-state index in [1.807, 2.05) is 10.6 Å². The van der Waals surface area contributed by atoms with Gasteiger partial charge in [-0.2, -0.15) is 0 Å². The van der Waals surface area contributed by atoms with Gasteiger partial charge in [-0.05, 0) is 37.0 Å². The number of benzene rings is 1. The van der Waals surface area contributed by atoms with Crippen molar-refractivity contribution in [3.63, 3.8) is 0 Å². The maximum atomic E-state index is 13.2. The van der Waals surface area contributed by atoms with Crippen molar-refractivity contribution < 1.29 is 58.8 Å². The first kappa shape index (κ1) is 42.0. The third kappa shape index (κ3) is 16.2. The van der Waals surface area contributed by atoms with Gasteiger partial charge < -0.3 is 69.9 Å². The van der Waals surface area contributed by atoms with Gasteiger partial charge in [0, 0.05) is 6.54 Å². The van der Waals surface area contributed by atoms with Gasteiger partial charge >= 0.3 is 11.9 Å². The van der Waals surface area contributed by atoms with E-state index in [9.17, 15) is 43.5 Å². The summed E-state index contributed by atoms with van der Waals surface area (Å²) in [6, 6.07) is -2.02. The molecule has 0 saturated carbocycles. The number of carboxylic acid groups (broad SMARTS) is 2. The standard InChI is InChI=1S/C28H42N10O12/c29-15(8-13-3-5-14(40)6-4-13)23(45)37-17(9-20(30)41)25(47)36-16(2-1-7-33-28(31)32)24(46)34-11-21(42)35-18(10-22(43)44)26(48)38-19(12-39)27(49)50/h3-6,15-19,39-40H,1-2,7-12,29H2,(H2,30,41)(H,34,46)(H,35,42)(H,36,47)(H,37,45)(H,38,48)(H,43,44)(H,49,50)(H4,31,32,33)/t15-,16-,17-,18-,19-/m0/s1. The maximum absolute atomic E-state index is 13.2. The number of rotatable bonds is 22. The number of aliphatic hydroxyl groups is 1. The fraction of sp³-hybridized carbons (Fsp3) is 0.464. The summed E-state index contributed by atoms with van der Waals surface area (Å²) in [7, 11) is 0. The Bertz CT molecular complexity index is 1420. The number of nitrogens with two attached hydrogens (primary N) is 4. The number of nitrogens with zero attached hydrogens (tertiary/aromatic N) is 1. The third-order valence-electron chi connectivity index (χ3n) is 6.60. The van der Waals surface area contributed by atoms with Crippen LogP contribution in [0, 0.1) is 0 Å². The van der Waals surface area contributed by atoms with Crippen molar-refractivity contribution >= 4 is 53.3 Å². The Morgan fingerprint density at radius 2 is 1.30 bits per heavy atom. The van der Waals surface area contributed by atoms with E-state index in [1.165, 1.54) is 24.3 Å². The van der Waals surface area contributed by atoms with E-state index in [0.29, 0.717) is 5.56 Å². The second-order valence-corrected chi connectivity index (χ2v) is 10.7. The third-order valence-corrected chi connectivity index (χ3v) is 6.60. The minimum absolute atomic E-state index is 0.00713. The molecular weight excluding hydrogens is 668 g/mol. The molecule has 1 aromatic rings. The summed E-state index contributed by atoms with van der Waals surface area (Å²) in [4.78, 5) is 102. The molecule has 22 heteroatoms. The molecule has 0 fully saturated rings. The maximum Gasteiger partial charge on any atom is 0.328 e. The predicted molar refractivity (Wildman–Crippen MR) is 171 cm³/mol. The van der Waals surface area contributed by atoms with Crippen molar-refractivity contribution in [1.82, 2.24) is 26.6 Å². The molecule has 5 atom stereocenters. The van der Waals surface area contributed by atoms with Gasteiger partial charge in [-0.1, -0.05) is 12.1 Å². The number of carbonyl (C=O) groups excluding carboxylic acids is 6. The van der Waals surface area contributed by atoms with Gasteiger partial charge in [0.2, 0.25) is 35.4 Å². The number of aromatic hydroxyl groups is 1. The minimum Gasteiger partial charge on any atom is -0.508 e. The molecule has 0 radical (unpaired) electrons. The van der Waals surface area contributed by atoms with Gasteiger partial charge in [0.05, 0.1) is 32.0 Å². The van der Waals surface area contributed by atoms with Crippen molar-refractivity contribution in [1.29, 1.82) is 0 Å². The van der Waals surface area contributed by atoms with Crippen molar-refractivity contribution in [2.24, 2.45) is 27.9 Å². The summed E-state index contributed by atoms with van der Waals surface area (Å²) in [6.45, 7) is -1.89. The van der Waals surface area contributed by atoms with Gasteiger partial charge in [-0.25, -0.2) is 4.79 Å². The molecule has 0 saturated heterocycles. The van der Waals surface area contributed by atoms with Crippen LogP contribution in [0.15, 0.2) is 29.3 Å². The van der Waals surface area contributed by atoms with Crippen LogP contribution < -0.4 is 49.5 Å². The molecule has 0 heterocycles. The van der Waals surface area contributed by atoms with Crippen LogP contribution in [-0.2, 0) is 44.8 Å². The number of aliphatic imine (C=N–C) groups is 1. The van der Waals surface area contributed by atoms with E-state index in [2.05, 4.69) is 20.9 Å². The van der Waals surface area contributed by atoms with Crippen LogP contribution in [0.1, 0.15) is 31.2 Å². The second kappa shape index (κ2) is 21.0. The van der Waals surface area contributed by atoms with Crippen LogP contribution in [0.3, 0.4) is 0 Å². The van der Waals surface area contributed by atoms with Crippen molar-refractivity contribution in [3.8, 4) is 5.75 Å². The van der Waals surface area contributed by atoms with Crippen LogP contribution in [-0.4, -0.2) is 124 Å². The van der Waals surface area contributed by atoms with Gasteiger partial charge in [0.15, 0.2) is 5.96 Å². The number of aliphatic carboxylic acids is 2. The highest BCUT2D eigenvalue weighted by Crippen LogP contribution is 2.11. The molecule has 50 heavy (non-hydrogen) atoms. The Balaban J connectivity index is 3.04. The summed E-state index contributed by atoms with van der Waals surface area (Å²) in [5.41, 5.74) is 22.4. The van der Waals surface area contributed by atoms with Gasteiger partial charge in [0.1, 0.15) is 29.9 Å². The number of guanidine groups is 1. The van der Waals surface area contributed by atoms with Crippen LogP contribution >= 0.6 is 0 Å². The number of hydrogen-bond donors (Lipinski definition) is 13. The molecule has 1 rings (SSSR count). The number of primary amides is 1. The molecule has 0 aliphatic carbocycles. The Hall–Kier alpha value is -6.03. The monoisotopic (exact) mass is 710 g/mol. The smallest absolute Gasteiger partial charge is 0.328 e. The Morgan fingerprint density at radius 1 is 0.740 bits per heavy atom. The Kier molecular flexibility index (Phi) is 17.7. The summed E-state index contributed by atoms with van der Waals surface area (Å²) in [6.07, 6.45) is -1.73. The lowest BCUT2D eigenvalue weighted by Gasteiger charge is -2.24.